The third-order valence-electron chi connectivity index (χ3n) is 3.72. The summed E-state index contributed by atoms with van der Waals surface area (Å²) in [6.07, 6.45) is 3.99. The van der Waals surface area contributed by atoms with Crippen LogP contribution in [0, 0.1) is 0 Å². The minimum Gasteiger partial charge on any atom is -0.374 e. The van der Waals surface area contributed by atoms with Crippen LogP contribution >= 0.6 is 47.1 Å². The molecule has 2 N–H and O–H groups in total. The Balaban J connectivity index is 0.00000364. The molecule has 1 aromatic carbocycles. The summed E-state index contributed by atoms with van der Waals surface area (Å²) in [5.74, 6) is 1.91. The first-order valence-corrected chi connectivity index (χ1v) is 10.8. The van der Waals surface area contributed by atoms with Crippen LogP contribution in [-0.4, -0.2) is 43.4 Å². The summed E-state index contributed by atoms with van der Waals surface area (Å²) in [6.45, 7) is 4.56. The maximum Gasteiger partial charge on any atom is 0.190 e. The second-order valence-corrected chi connectivity index (χ2v) is 7.94. The minimum absolute atomic E-state index is 0. The van der Waals surface area contributed by atoms with Crippen LogP contribution in [0.3, 0.4) is 0 Å². The maximum absolute atomic E-state index is 5.88. The van der Waals surface area contributed by atoms with Crippen LogP contribution in [0.25, 0.3) is 0 Å². The van der Waals surface area contributed by atoms with Crippen molar-refractivity contribution in [2.45, 2.75) is 30.2 Å². The van der Waals surface area contributed by atoms with Gasteiger partial charge in [-0.05, 0) is 25.3 Å². The van der Waals surface area contributed by atoms with E-state index >= 15 is 0 Å². The first-order valence-electron chi connectivity index (χ1n) is 8.93. The van der Waals surface area contributed by atoms with Crippen molar-refractivity contribution in [2.75, 3.05) is 32.5 Å². The van der Waals surface area contributed by atoms with E-state index in [0.29, 0.717) is 0 Å². The number of benzene rings is 1. The van der Waals surface area contributed by atoms with Gasteiger partial charge >= 0.3 is 0 Å². The van der Waals surface area contributed by atoms with Gasteiger partial charge in [0.05, 0.1) is 6.10 Å². The summed E-state index contributed by atoms with van der Waals surface area (Å²) in [4.78, 5) is 8.52. The fourth-order valence-electron chi connectivity index (χ4n) is 2.30. The van der Waals surface area contributed by atoms with Gasteiger partial charge in [0.1, 0.15) is 4.34 Å². The van der Waals surface area contributed by atoms with Crippen LogP contribution in [0.4, 0.5) is 0 Å². The molecule has 1 heterocycles. The number of aliphatic imine (C=N–C) groups is 1. The molecular weight excluding hydrogens is 491 g/mol. The van der Waals surface area contributed by atoms with Gasteiger partial charge in [0.2, 0.25) is 0 Å². The number of ether oxygens (including phenoxy) is 1. The lowest BCUT2D eigenvalue weighted by atomic mass is 10.1. The van der Waals surface area contributed by atoms with E-state index in [-0.39, 0.29) is 30.1 Å². The van der Waals surface area contributed by atoms with E-state index < -0.39 is 0 Å². The van der Waals surface area contributed by atoms with Gasteiger partial charge in [-0.2, -0.15) is 0 Å². The second-order valence-electron chi connectivity index (χ2n) is 5.70. The molecule has 150 valence electrons. The largest absolute Gasteiger partial charge is 0.374 e. The second kappa shape index (κ2) is 15.1. The Morgan fingerprint density at radius 3 is 2.63 bits per heavy atom. The van der Waals surface area contributed by atoms with Crippen molar-refractivity contribution < 1.29 is 4.74 Å². The van der Waals surface area contributed by atoms with Crippen molar-refractivity contribution in [1.82, 2.24) is 15.6 Å². The standard InChI is InChI=1S/C19H28N4OS2.HI/c1-16(17-8-4-3-5-9-17)24-13-6-10-21-18(20-2)22-11-7-14-25-19-23-12-15-26-19;/h3-5,8-9,12,15-16H,6-7,10-11,13-14H2,1-2H3,(H2,20,21,22);1H. The van der Waals surface area contributed by atoms with Crippen molar-refractivity contribution in [2.24, 2.45) is 4.99 Å². The number of guanidine groups is 1. The zero-order valence-electron chi connectivity index (χ0n) is 15.9. The number of rotatable bonds is 11. The summed E-state index contributed by atoms with van der Waals surface area (Å²) in [7, 11) is 1.80. The molecule has 0 saturated carbocycles. The highest BCUT2D eigenvalue weighted by Gasteiger charge is 2.04. The highest BCUT2D eigenvalue weighted by Crippen LogP contribution is 2.20. The molecular formula is C19H29IN4OS2. The number of halogens is 1. The lowest BCUT2D eigenvalue weighted by molar-refractivity contribution is 0.0646. The number of nitrogens with zero attached hydrogens (tertiary/aromatic N) is 2. The lowest BCUT2D eigenvalue weighted by Crippen LogP contribution is -2.38. The third-order valence-corrected chi connectivity index (χ3v) is 5.77. The Labute approximate surface area is 187 Å². The van der Waals surface area contributed by atoms with E-state index in [9.17, 15) is 0 Å². The van der Waals surface area contributed by atoms with E-state index in [0.717, 1.165) is 48.6 Å². The number of aromatic nitrogens is 1. The lowest BCUT2D eigenvalue weighted by Gasteiger charge is -2.14. The number of thioether (sulfide) groups is 1. The van der Waals surface area contributed by atoms with Crippen LogP contribution < -0.4 is 10.6 Å². The fourth-order valence-corrected chi connectivity index (χ4v) is 3.95. The number of thiazole rings is 1. The molecule has 27 heavy (non-hydrogen) atoms. The summed E-state index contributed by atoms with van der Waals surface area (Å²) >= 11 is 3.49. The van der Waals surface area contributed by atoms with Crippen molar-refractivity contribution in [3.05, 3.63) is 47.5 Å². The fraction of sp³-hybridized carbons (Fsp3) is 0.474. The van der Waals surface area contributed by atoms with E-state index in [1.54, 1.807) is 30.1 Å². The number of nitrogens with one attached hydrogen (secondary N) is 2. The Kier molecular flexibility index (Phi) is 13.6. The average Bonchev–Trinajstić information content (AvgIpc) is 3.20. The van der Waals surface area contributed by atoms with Crippen molar-refractivity contribution in [1.29, 1.82) is 0 Å². The van der Waals surface area contributed by atoms with Gasteiger partial charge < -0.3 is 15.4 Å². The molecule has 5 nitrogen and oxygen atoms in total. The molecule has 0 amide bonds. The molecule has 0 fully saturated rings. The molecule has 0 aliphatic heterocycles. The summed E-state index contributed by atoms with van der Waals surface area (Å²) in [5.41, 5.74) is 1.22. The van der Waals surface area contributed by atoms with Gasteiger partial charge in [-0.3, -0.25) is 4.99 Å². The molecule has 0 saturated heterocycles. The molecule has 8 heteroatoms. The summed E-state index contributed by atoms with van der Waals surface area (Å²) < 4.78 is 7.02. The van der Waals surface area contributed by atoms with Gasteiger partial charge in [-0.1, -0.05) is 42.1 Å². The first kappa shape index (κ1) is 24.2. The van der Waals surface area contributed by atoms with Crippen LogP contribution in [0.5, 0.6) is 0 Å². The predicted octanol–water partition coefficient (Wildman–Crippen LogP) is 4.58. The van der Waals surface area contributed by atoms with Crippen molar-refractivity contribution in [3.8, 4) is 0 Å². The average molecular weight is 521 g/mol. The van der Waals surface area contributed by atoms with E-state index in [2.05, 4.69) is 39.7 Å². The van der Waals surface area contributed by atoms with Gasteiger partial charge in [-0.25, -0.2) is 4.98 Å². The van der Waals surface area contributed by atoms with Gasteiger partial charge in [-0.15, -0.1) is 35.3 Å². The molecule has 0 aliphatic carbocycles. The van der Waals surface area contributed by atoms with Gasteiger partial charge in [0, 0.05) is 44.1 Å². The normalized spacial score (nSPS) is 12.3. The molecule has 1 unspecified atom stereocenters. The van der Waals surface area contributed by atoms with Crippen LogP contribution in [0.1, 0.15) is 31.4 Å². The predicted molar refractivity (Wildman–Crippen MR) is 128 cm³/mol. The van der Waals surface area contributed by atoms with Gasteiger partial charge in [0.25, 0.3) is 0 Å². The topological polar surface area (TPSA) is 58.5 Å². The summed E-state index contributed by atoms with van der Waals surface area (Å²) in [5, 5.41) is 8.68. The highest BCUT2D eigenvalue weighted by molar-refractivity contribution is 14.0. The smallest absolute Gasteiger partial charge is 0.190 e. The first-order chi connectivity index (χ1) is 12.8. The number of hydrogen-bond acceptors (Lipinski definition) is 5. The zero-order chi connectivity index (χ0) is 18.5. The quantitative estimate of drug-likeness (QED) is 0.149. The van der Waals surface area contributed by atoms with Crippen molar-refractivity contribution >= 4 is 53.0 Å². The zero-order valence-corrected chi connectivity index (χ0v) is 19.9. The number of hydrogen-bond donors (Lipinski definition) is 2. The monoisotopic (exact) mass is 520 g/mol. The minimum atomic E-state index is 0. The van der Waals surface area contributed by atoms with E-state index in [1.165, 1.54) is 5.56 Å². The molecule has 0 radical (unpaired) electrons. The molecule has 2 rings (SSSR count). The van der Waals surface area contributed by atoms with E-state index in [4.69, 9.17) is 4.74 Å². The molecule has 2 aromatic rings. The van der Waals surface area contributed by atoms with Crippen LogP contribution in [0.15, 0.2) is 51.2 Å². The van der Waals surface area contributed by atoms with Crippen LogP contribution in [-0.2, 0) is 4.74 Å². The molecule has 1 atom stereocenters. The Morgan fingerprint density at radius 2 is 1.96 bits per heavy atom. The highest BCUT2D eigenvalue weighted by atomic mass is 127. The molecule has 0 aliphatic rings. The molecule has 0 spiro atoms. The van der Waals surface area contributed by atoms with Crippen molar-refractivity contribution in [3.63, 3.8) is 0 Å². The Bertz CT molecular complexity index is 626. The van der Waals surface area contributed by atoms with E-state index in [1.807, 2.05) is 29.8 Å². The molecule has 1 aromatic heterocycles. The van der Waals surface area contributed by atoms with Crippen LogP contribution in [0.2, 0.25) is 0 Å². The third kappa shape index (κ3) is 10.3. The molecule has 0 bridgehead atoms. The Hall–Kier alpha value is -0.840. The van der Waals surface area contributed by atoms with Gasteiger partial charge in [0.15, 0.2) is 5.96 Å². The summed E-state index contributed by atoms with van der Waals surface area (Å²) in [6, 6.07) is 10.3. The maximum atomic E-state index is 5.88. The Morgan fingerprint density at radius 1 is 1.22 bits per heavy atom. The SMILES string of the molecule is CN=C(NCCCOC(C)c1ccccc1)NCCCSc1nccs1.I.